The molecule has 0 aromatic heterocycles. The Morgan fingerprint density at radius 2 is 1.94 bits per heavy atom. The second-order valence-electron chi connectivity index (χ2n) is 4.51. The van der Waals surface area contributed by atoms with Gasteiger partial charge in [-0.15, -0.1) is 0 Å². The Labute approximate surface area is 107 Å². The molecule has 0 saturated carbocycles. The quantitative estimate of drug-likeness (QED) is 0.871. The third-order valence-electron chi connectivity index (χ3n) is 2.65. The fourth-order valence-corrected chi connectivity index (χ4v) is 2.14. The minimum absolute atomic E-state index is 0.672. The topological polar surface area (TPSA) is 29.3 Å². The van der Waals surface area contributed by atoms with Gasteiger partial charge in [-0.3, -0.25) is 0 Å². The van der Waals surface area contributed by atoms with Crippen molar-refractivity contribution >= 4 is 15.9 Å². The molecule has 1 aromatic carbocycles. The van der Waals surface area contributed by atoms with Gasteiger partial charge in [0.2, 0.25) is 0 Å². The van der Waals surface area contributed by atoms with Gasteiger partial charge in [-0.1, -0.05) is 35.0 Å². The van der Waals surface area contributed by atoms with E-state index in [1.807, 2.05) is 0 Å². The average Bonchev–Trinajstić information content (AvgIpc) is 2.21. The molecule has 0 radical (unpaired) electrons. The first-order valence-corrected chi connectivity index (χ1v) is 6.54. The standard InChI is InChI=1S/C13H21BrN2/c1-11(7-8-15)9-16(2)10-12-3-5-13(14)6-4-12/h3-6,11H,7-10,15H2,1-2H3. The zero-order valence-corrected chi connectivity index (χ0v) is 11.7. The number of rotatable bonds is 6. The van der Waals surface area contributed by atoms with Crippen LogP contribution in [0.3, 0.4) is 0 Å². The van der Waals surface area contributed by atoms with Gasteiger partial charge in [0.05, 0.1) is 0 Å². The molecule has 0 fully saturated rings. The molecule has 0 bridgehead atoms. The molecule has 1 atom stereocenters. The minimum atomic E-state index is 0.672. The van der Waals surface area contributed by atoms with E-state index < -0.39 is 0 Å². The maximum atomic E-state index is 5.55. The molecule has 3 heteroatoms. The van der Waals surface area contributed by atoms with Crippen molar-refractivity contribution in [3.05, 3.63) is 34.3 Å². The van der Waals surface area contributed by atoms with Crippen LogP contribution in [-0.4, -0.2) is 25.0 Å². The van der Waals surface area contributed by atoms with Crippen molar-refractivity contribution in [3.8, 4) is 0 Å². The summed E-state index contributed by atoms with van der Waals surface area (Å²) in [6.07, 6.45) is 1.10. The van der Waals surface area contributed by atoms with Crippen molar-refractivity contribution in [2.75, 3.05) is 20.1 Å². The number of halogens is 1. The Balaban J connectivity index is 2.39. The van der Waals surface area contributed by atoms with E-state index >= 15 is 0 Å². The summed E-state index contributed by atoms with van der Waals surface area (Å²) in [6, 6.07) is 8.50. The highest BCUT2D eigenvalue weighted by Crippen LogP contribution is 2.12. The highest BCUT2D eigenvalue weighted by Gasteiger charge is 2.06. The van der Waals surface area contributed by atoms with E-state index in [-0.39, 0.29) is 0 Å². The van der Waals surface area contributed by atoms with Gasteiger partial charge in [-0.2, -0.15) is 0 Å². The van der Waals surface area contributed by atoms with Crippen LogP contribution in [0.25, 0.3) is 0 Å². The molecule has 0 aliphatic heterocycles. The van der Waals surface area contributed by atoms with Crippen LogP contribution < -0.4 is 5.73 Å². The van der Waals surface area contributed by atoms with Crippen molar-refractivity contribution in [2.24, 2.45) is 11.7 Å². The first kappa shape index (κ1) is 13.7. The van der Waals surface area contributed by atoms with Crippen LogP contribution in [0.1, 0.15) is 18.9 Å². The highest BCUT2D eigenvalue weighted by molar-refractivity contribution is 9.10. The summed E-state index contributed by atoms with van der Waals surface area (Å²) < 4.78 is 1.13. The van der Waals surface area contributed by atoms with Crippen molar-refractivity contribution in [1.82, 2.24) is 4.90 Å². The van der Waals surface area contributed by atoms with Gasteiger partial charge in [0.1, 0.15) is 0 Å². The molecule has 90 valence electrons. The van der Waals surface area contributed by atoms with Crippen LogP contribution in [0.5, 0.6) is 0 Å². The fourth-order valence-electron chi connectivity index (χ4n) is 1.87. The van der Waals surface area contributed by atoms with Crippen LogP contribution in [0, 0.1) is 5.92 Å². The Hall–Kier alpha value is -0.380. The summed E-state index contributed by atoms with van der Waals surface area (Å²) in [5.74, 6) is 0.672. The number of benzene rings is 1. The van der Waals surface area contributed by atoms with Gasteiger partial charge in [-0.25, -0.2) is 0 Å². The first-order valence-electron chi connectivity index (χ1n) is 5.75. The second-order valence-corrected chi connectivity index (χ2v) is 5.42. The van der Waals surface area contributed by atoms with E-state index in [4.69, 9.17) is 5.73 Å². The molecule has 0 aliphatic rings. The summed E-state index contributed by atoms with van der Waals surface area (Å²) in [5.41, 5.74) is 6.90. The molecule has 1 aromatic rings. The van der Waals surface area contributed by atoms with Crippen molar-refractivity contribution < 1.29 is 0 Å². The molecule has 1 rings (SSSR count). The normalized spacial score (nSPS) is 13.1. The molecule has 0 spiro atoms. The van der Waals surface area contributed by atoms with Gasteiger partial charge in [0.25, 0.3) is 0 Å². The maximum Gasteiger partial charge on any atom is 0.0230 e. The zero-order chi connectivity index (χ0) is 12.0. The largest absolute Gasteiger partial charge is 0.330 e. The van der Waals surface area contributed by atoms with Crippen LogP contribution in [-0.2, 0) is 6.54 Å². The molecular weight excluding hydrogens is 264 g/mol. The number of nitrogens with two attached hydrogens (primary N) is 1. The lowest BCUT2D eigenvalue weighted by atomic mass is 10.1. The molecule has 0 amide bonds. The molecular formula is C13H21BrN2. The summed E-state index contributed by atoms with van der Waals surface area (Å²) in [4.78, 5) is 2.35. The van der Waals surface area contributed by atoms with Gasteiger partial charge in [0.15, 0.2) is 0 Å². The Morgan fingerprint density at radius 1 is 1.31 bits per heavy atom. The monoisotopic (exact) mass is 284 g/mol. The maximum absolute atomic E-state index is 5.55. The summed E-state index contributed by atoms with van der Waals surface area (Å²) in [6.45, 7) is 5.15. The SMILES string of the molecule is CC(CCN)CN(C)Cc1ccc(Br)cc1. The van der Waals surface area contributed by atoms with Crippen LogP contribution in [0.4, 0.5) is 0 Å². The Bertz CT molecular complexity index is 297. The van der Waals surface area contributed by atoms with Gasteiger partial charge < -0.3 is 10.6 Å². The molecule has 1 unspecified atom stereocenters. The Kier molecular flexibility index (Phi) is 6.03. The van der Waals surface area contributed by atoms with E-state index in [9.17, 15) is 0 Å². The van der Waals surface area contributed by atoms with Crippen LogP contribution >= 0.6 is 15.9 Å². The molecule has 0 heterocycles. The average molecular weight is 285 g/mol. The van der Waals surface area contributed by atoms with Crippen molar-refractivity contribution in [1.29, 1.82) is 0 Å². The predicted octanol–water partition coefficient (Wildman–Crippen LogP) is 2.87. The van der Waals surface area contributed by atoms with Crippen LogP contribution in [0.2, 0.25) is 0 Å². The van der Waals surface area contributed by atoms with Gasteiger partial charge in [0, 0.05) is 17.6 Å². The zero-order valence-electron chi connectivity index (χ0n) is 10.1. The number of hydrogen-bond acceptors (Lipinski definition) is 2. The fraction of sp³-hybridized carbons (Fsp3) is 0.538. The van der Waals surface area contributed by atoms with E-state index in [1.165, 1.54) is 5.56 Å². The third kappa shape index (κ3) is 5.10. The van der Waals surface area contributed by atoms with E-state index in [1.54, 1.807) is 0 Å². The molecule has 2 N–H and O–H groups in total. The van der Waals surface area contributed by atoms with Crippen molar-refractivity contribution in [3.63, 3.8) is 0 Å². The second kappa shape index (κ2) is 7.05. The Morgan fingerprint density at radius 3 is 2.50 bits per heavy atom. The molecule has 16 heavy (non-hydrogen) atoms. The molecule has 0 aliphatic carbocycles. The highest BCUT2D eigenvalue weighted by atomic mass is 79.9. The summed E-state index contributed by atoms with van der Waals surface area (Å²) >= 11 is 3.45. The lowest BCUT2D eigenvalue weighted by molar-refractivity contribution is 0.273. The first-order chi connectivity index (χ1) is 7.61. The van der Waals surface area contributed by atoms with Crippen LogP contribution in [0.15, 0.2) is 28.7 Å². The van der Waals surface area contributed by atoms with E-state index in [2.05, 4.69) is 59.1 Å². The lowest BCUT2D eigenvalue weighted by Gasteiger charge is -2.21. The molecule has 2 nitrogen and oxygen atoms in total. The third-order valence-corrected chi connectivity index (χ3v) is 3.18. The number of nitrogens with zero attached hydrogens (tertiary/aromatic N) is 1. The lowest BCUT2D eigenvalue weighted by Crippen LogP contribution is -2.25. The smallest absolute Gasteiger partial charge is 0.0230 e. The van der Waals surface area contributed by atoms with Gasteiger partial charge >= 0.3 is 0 Å². The van der Waals surface area contributed by atoms with Crippen molar-refractivity contribution in [2.45, 2.75) is 19.9 Å². The van der Waals surface area contributed by atoms with E-state index in [0.29, 0.717) is 5.92 Å². The minimum Gasteiger partial charge on any atom is -0.330 e. The van der Waals surface area contributed by atoms with Gasteiger partial charge in [-0.05, 0) is 43.6 Å². The summed E-state index contributed by atoms with van der Waals surface area (Å²) in [7, 11) is 2.16. The molecule has 0 saturated heterocycles. The predicted molar refractivity (Wildman–Crippen MR) is 73.3 cm³/mol. The number of hydrogen-bond donors (Lipinski definition) is 1. The summed E-state index contributed by atoms with van der Waals surface area (Å²) in [5, 5.41) is 0. The van der Waals surface area contributed by atoms with E-state index in [0.717, 1.165) is 30.5 Å².